The second-order valence-electron chi connectivity index (χ2n) is 12.6. The molecule has 3 aromatic carbocycles. The minimum Gasteiger partial charge on any atom is -0.493 e. The monoisotopic (exact) mass is 759 g/mol. The number of benzene rings is 3. The van der Waals surface area contributed by atoms with Gasteiger partial charge in [0.05, 0.1) is 51.7 Å². The molecule has 0 amide bonds. The number of nitrogens with zero attached hydrogens (tertiary/aromatic N) is 3. The van der Waals surface area contributed by atoms with Crippen molar-refractivity contribution in [3.8, 4) is 22.9 Å². The molecule has 52 heavy (non-hydrogen) atoms. The number of esters is 1. The van der Waals surface area contributed by atoms with E-state index in [1.165, 1.54) is 11.3 Å². The number of ether oxygens (including phenoxy) is 4. The van der Waals surface area contributed by atoms with Gasteiger partial charge in [0.2, 0.25) is 0 Å². The molecule has 0 unspecified atom stereocenters. The van der Waals surface area contributed by atoms with Crippen LogP contribution in [0.1, 0.15) is 61.8 Å². The van der Waals surface area contributed by atoms with Gasteiger partial charge >= 0.3 is 5.97 Å². The minimum absolute atomic E-state index is 0.0729. The van der Waals surface area contributed by atoms with Crippen molar-refractivity contribution in [3.05, 3.63) is 136 Å². The van der Waals surface area contributed by atoms with Gasteiger partial charge in [-0.2, -0.15) is 0 Å². The van der Waals surface area contributed by atoms with E-state index in [0.717, 1.165) is 28.2 Å². The average molecular weight is 761 g/mol. The second-order valence-corrected chi connectivity index (χ2v) is 14.4. The molecule has 12 heteroatoms. The predicted molar refractivity (Wildman–Crippen MR) is 205 cm³/mol. The molecule has 1 atom stereocenters. The van der Waals surface area contributed by atoms with Crippen LogP contribution in [-0.2, 0) is 16.1 Å². The lowest BCUT2D eigenvalue weighted by atomic mass is 9.95. The molecule has 0 fully saturated rings. The number of fused-ring (bicyclic) bond motifs is 1. The Hall–Kier alpha value is -4.77. The smallest absolute Gasteiger partial charge is 0.338 e. The van der Waals surface area contributed by atoms with Gasteiger partial charge in [-0.15, -0.1) is 0 Å². The van der Waals surface area contributed by atoms with Crippen molar-refractivity contribution in [1.82, 2.24) is 9.13 Å². The van der Waals surface area contributed by atoms with Gasteiger partial charge in [0, 0.05) is 17.1 Å². The number of halogens is 2. The highest BCUT2D eigenvalue weighted by molar-refractivity contribution is 7.07. The van der Waals surface area contributed by atoms with Crippen LogP contribution in [-0.4, -0.2) is 34.9 Å². The Bertz CT molecular complexity index is 2370. The van der Waals surface area contributed by atoms with Crippen LogP contribution in [0.4, 0.5) is 0 Å². The van der Waals surface area contributed by atoms with Gasteiger partial charge in [0.25, 0.3) is 5.56 Å². The number of carbonyl (C=O) groups is 1. The maximum atomic E-state index is 14.3. The van der Waals surface area contributed by atoms with E-state index in [-0.39, 0.29) is 18.3 Å². The first-order valence-electron chi connectivity index (χ1n) is 16.8. The van der Waals surface area contributed by atoms with Gasteiger partial charge in [-0.3, -0.25) is 9.36 Å². The zero-order valence-corrected chi connectivity index (χ0v) is 32.3. The van der Waals surface area contributed by atoms with E-state index in [9.17, 15) is 9.59 Å². The van der Waals surface area contributed by atoms with E-state index >= 15 is 0 Å². The molecule has 6 rings (SSSR count). The highest BCUT2D eigenvalue weighted by Gasteiger charge is 2.34. The van der Waals surface area contributed by atoms with Gasteiger partial charge in [-0.1, -0.05) is 46.7 Å². The van der Waals surface area contributed by atoms with E-state index in [1.54, 1.807) is 49.8 Å². The fraction of sp³-hybridized carbons (Fsp3) is 0.275. The standard InChI is InChI=1S/C40H39Cl2N3O6S/c1-8-49-39(47)36-24(5)43-40-45(37(36)27-10-16-33(51-22(2)3)34(19-27)48-7)38(46)35(52-40)20-28-17-23(4)44(25(28)6)29-11-13-30(14-12-29)50-21-26-9-15-31(41)32(42)18-26/h9-20,22,37H,8,21H2,1-7H3/b35-20+/t37-/m0/s1. The second kappa shape index (κ2) is 15.5. The zero-order valence-electron chi connectivity index (χ0n) is 30.0. The number of hydrogen-bond acceptors (Lipinski definition) is 8. The highest BCUT2D eigenvalue weighted by Crippen LogP contribution is 2.37. The van der Waals surface area contributed by atoms with Crippen molar-refractivity contribution in [1.29, 1.82) is 0 Å². The summed E-state index contributed by atoms with van der Waals surface area (Å²) >= 11 is 13.5. The summed E-state index contributed by atoms with van der Waals surface area (Å²) in [5.74, 6) is 1.24. The molecular formula is C40H39Cl2N3O6S. The summed E-state index contributed by atoms with van der Waals surface area (Å²) in [5, 5.41) is 0.988. The van der Waals surface area contributed by atoms with Crippen molar-refractivity contribution in [2.24, 2.45) is 4.99 Å². The Morgan fingerprint density at radius 1 is 0.981 bits per heavy atom. The molecule has 5 aromatic rings. The molecule has 0 saturated carbocycles. The third-order valence-corrected chi connectivity index (χ3v) is 10.3. The molecule has 1 aliphatic rings. The summed E-state index contributed by atoms with van der Waals surface area (Å²) in [5.41, 5.74) is 5.89. The number of aryl methyl sites for hydroxylation is 1. The van der Waals surface area contributed by atoms with Crippen LogP contribution in [0.3, 0.4) is 0 Å². The van der Waals surface area contributed by atoms with E-state index in [2.05, 4.69) is 4.57 Å². The fourth-order valence-corrected chi connectivity index (χ4v) is 7.63. The molecule has 0 N–H and O–H groups in total. The molecule has 3 heterocycles. The number of rotatable bonds is 11. The van der Waals surface area contributed by atoms with E-state index in [1.807, 2.05) is 76.2 Å². The molecule has 0 spiro atoms. The Kier molecular flexibility index (Phi) is 11.0. The molecule has 9 nitrogen and oxygen atoms in total. The van der Waals surface area contributed by atoms with E-state index < -0.39 is 12.0 Å². The lowest BCUT2D eigenvalue weighted by Gasteiger charge is -2.25. The third-order valence-electron chi connectivity index (χ3n) is 8.62. The van der Waals surface area contributed by atoms with Gasteiger partial charge in [-0.05, 0) is 119 Å². The number of hydrogen-bond donors (Lipinski definition) is 0. The van der Waals surface area contributed by atoms with Crippen molar-refractivity contribution in [2.45, 2.75) is 60.3 Å². The maximum absolute atomic E-state index is 14.3. The Labute approximate surface area is 316 Å². The largest absolute Gasteiger partial charge is 0.493 e. The summed E-state index contributed by atoms with van der Waals surface area (Å²) in [6.45, 7) is 12.0. The van der Waals surface area contributed by atoms with E-state index in [4.69, 9.17) is 47.1 Å². The minimum atomic E-state index is -0.788. The van der Waals surface area contributed by atoms with Crippen LogP contribution in [0.15, 0.2) is 87.8 Å². The summed E-state index contributed by atoms with van der Waals surface area (Å²) in [6.07, 6.45) is 1.81. The first kappa shape index (κ1) is 37.0. The van der Waals surface area contributed by atoms with Gasteiger partial charge in [-0.25, -0.2) is 9.79 Å². The van der Waals surface area contributed by atoms with Crippen LogP contribution in [0.25, 0.3) is 11.8 Å². The van der Waals surface area contributed by atoms with Gasteiger partial charge < -0.3 is 23.5 Å². The van der Waals surface area contributed by atoms with Crippen LogP contribution >= 0.6 is 34.5 Å². The van der Waals surface area contributed by atoms with Gasteiger partial charge in [0.1, 0.15) is 12.4 Å². The van der Waals surface area contributed by atoms with E-state index in [0.29, 0.717) is 60.1 Å². The Balaban J connectivity index is 1.36. The zero-order chi connectivity index (χ0) is 37.3. The SMILES string of the molecule is CCOC(=O)C1=C(C)N=c2s/c(=C/c3cc(C)n(-c4ccc(OCc5ccc(Cl)c(Cl)c5)cc4)c3C)c(=O)n2[C@H]1c1ccc(OC(C)C)c(OC)c1. The normalized spacial score (nSPS) is 14.3. The van der Waals surface area contributed by atoms with Crippen LogP contribution in [0.2, 0.25) is 10.0 Å². The van der Waals surface area contributed by atoms with Crippen LogP contribution in [0.5, 0.6) is 17.2 Å². The van der Waals surface area contributed by atoms with Crippen molar-refractivity contribution < 1.29 is 23.7 Å². The third kappa shape index (κ3) is 7.42. The molecule has 1 aliphatic heterocycles. The summed E-state index contributed by atoms with van der Waals surface area (Å²) in [6, 6.07) is 20.0. The lowest BCUT2D eigenvalue weighted by molar-refractivity contribution is -0.139. The highest BCUT2D eigenvalue weighted by atomic mass is 35.5. The summed E-state index contributed by atoms with van der Waals surface area (Å²) in [4.78, 5) is 32.9. The molecule has 0 saturated heterocycles. The topological polar surface area (TPSA) is 93.3 Å². The molecular weight excluding hydrogens is 721 g/mol. The molecule has 0 bridgehead atoms. The van der Waals surface area contributed by atoms with Crippen LogP contribution < -0.4 is 29.1 Å². The molecule has 0 aliphatic carbocycles. The Morgan fingerprint density at radius 3 is 2.40 bits per heavy atom. The summed E-state index contributed by atoms with van der Waals surface area (Å²) in [7, 11) is 1.56. The first-order valence-corrected chi connectivity index (χ1v) is 18.4. The number of thiazole rings is 1. The van der Waals surface area contributed by atoms with Crippen molar-refractivity contribution in [3.63, 3.8) is 0 Å². The molecule has 2 aromatic heterocycles. The fourth-order valence-electron chi connectivity index (χ4n) is 6.27. The maximum Gasteiger partial charge on any atom is 0.338 e. The number of allylic oxidation sites excluding steroid dienone is 1. The first-order chi connectivity index (χ1) is 24.9. The summed E-state index contributed by atoms with van der Waals surface area (Å²) < 4.78 is 27.2. The van der Waals surface area contributed by atoms with Crippen molar-refractivity contribution in [2.75, 3.05) is 13.7 Å². The lowest BCUT2D eigenvalue weighted by Crippen LogP contribution is -2.40. The molecule has 270 valence electrons. The van der Waals surface area contributed by atoms with Crippen molar-refractivity contribution >= 4 is 46.6 Å². The predicted octanol–water partition coefficient (Wildman–Crippen LogP) is 7.89. The quantitative estimate of drug-likeness (QED) is 0.127. The Morgan fingerprint density at radius 2 is 1.73 bits per heavy atom. The number of aromatic nitrogens is 2. The number of carbonyl (C=O) groups excluding carboxylic acids is 1. The number of methoxy groups -OCH3 is 1. The average Bonchev–Trinajstić information content (AvgIpc) is 3.57. The van der Waals surface area contributed by atoms with Crippen LogP contribution in [0, 0.1) is 13.8 Å². The van der Waals surface area contributed by atoms with Gasteiger partial charge in [0.15, 0.2) is 16.3 Å². The molecule has 0 radical (unpaired) electrons.